The number of hydrogen-bond acceptors (Lipinski definition) is 6. The van der Waals surface area contributed by atoms with Crippen molar-refractivity contribution in [2.24, 2.45) is 17.3 Å². The highest BCUT2D eigenvalue weighted by atomic mass is 32.2. The first-order valence-corrected chi connectivity index (χ1v) is 10.2. The lowest BCUT2D eigenvalue weighted by atomic mass is 9.54. The standard InChI is InChI=1S/C21H21N5S/c1-3-26-9-8-16-17(10-22)20(25)21(12-23,13-24)19(18(16)11-26)14-4-6-15(27-2)7-5-14/h4-8,17-19,25H,3,9,11H2,1-2H3/t17?,18-,19-/m0/s1. The van der Waals surface area contributed by atoms with Crippen LogP contribution >= 0.6 is 11.8 Å². The van der Waals surface area contributed by atoms with Gasteiger partial charge in [0.2, 0.25) is 0 Å². The van der Waals surface area contributed by atoms with Crippen LogP contribution < -0.4 is 0 Å². The molecular weight excluding hydrogens is 354 g/mol. The second-order valence-corrected chi connectivity index (χ2v) is 7.80. The number of fused-ring (bicyclic) bond motifs is 1. The van der Waals surface area contributed by atoms with Crippen LogP contribution in [-0.2, 0) is 0 Å². The molecule has 1 aliphatic carbocycles. The first kappa shape index (κ1) is 19.2. The van der Waals surface area contributed by atoms with Crippen molar-refractivity contribution in [2.45, 2.75) is 17.7 Å². The number of likely N-dealkylation sites (N-methyl/N-ethyl adjacent to an activating group) is 1. The minimum absolute atomic E-state index is 0.0820. The summed E-state index contributed by atoms with van der Waals surface area (Å²) in [6.07, 6.45) is 4.03. The van der Waals surface area contributed by atoms with Crippen LogP contribution in [0.5, 0.6) is 0 Å². The van der Waals surface area contributed by atoms with Crippen LogP contribution in [0.15, 0.2) is 40.8 Å². The Labute approximate surface area is 164 Å². The topological polar surface area (TPSA) is 98.5 Å². The lowest BCUT2D eigenvalue weighted by molar-refractivity contribution is 0.212. The zero-order valence-corrected chi connectivity index (χ0v) is 16.3. The van der Waals surface area contributed by atoms with Crippen molar-refractivity contribution in [1.82, 2.24) is 4.90 Å². The van der Waals surface area contributed by atoms with E-state index in [4.69, 9.17) is 5.41 Å². The first-order valence-electron chi connectivity index (χ1n) is 8.93. The van der Waals surface area contributed by atoms with Crippen LogP contribution in [0.2, 0.25) is 0 Å². The Hall–Kier alpha value is -2.59. The van der Waals surface area contributed by atoms with E-state index in [1.54, 1.807) is 11.8 Å². The van der Waals surface area contributed by atoms with Gasteiger partial charge in [0, 0.05) is 29.8 Å². The molecule has 1 N–H and O–H groups in total. The van der Waals surface area contributed by atoms with E-state index in [0.29, 0.717) is 6.54 Å². The Morgan fingerprint density at radius 2 is 1.89 bits per heavy atom. The maximum atomic E-state index is 10.0. The van der Waals surface area contributed by atoms with Crippen molar-refractivity contribution in [3.63, 3.8) is 0 Å². The van der Waals surface area contributed by atoms with Gasteiger partial charge in [0.15, 0.2) is 5.41 Å². The summed E-state index contributed by atoms with van der Waals surface area (Å²) in [5.74, 6) is -1.38. The van der Waals surface area contributed by atoms with Crippen molar-refractivity contribution in [3.8, 4) is 18.2 Å². The van der Waals surface area contributed by atoms with Crippen LogP contribution in [0.4, 0.5) is 0 Å². The molecule has 1 heterocycles. The van der Waals surface area contributed by atoms with Gasteiger partial charge in [0.05, 0.1) is 23.9 Å². The fourth-order valence-electron chi connectivity index (χ4n) is 4.31. The van der Waals surface area contributed by atoms with E-state index in [2.05, 4.69) is 30.0 Å². The highest BCUT2D eigenvalue weighted by Gasteiger charge is 2.57. The van der Waals surface area contributed by atoms with E-state index in [-0.39, 0.29) is 11.6 Å². The molecule has 2 aliphatic rings. The number of rotatable bonds is 3. The van der Waals surface area contributed by atoms with Crippen LogP contribution in [0.25, 0.3) is 0 Å². The van der Waals surface area contributed by atoms with E-state index < -0.39 is 17.3 Å². The van der Waals surface area contributed by atoms with Gasteiger partial charge in [-0.1, -0.05) is 25.1 Å². The van der Waals surface area contributed by atoms with Gasteiger partial charge in [0.1, 0.15) is 5.92 Å². The van der Waals surface area contributed by atoms with Gasteiger partial charge < -0.3 is 5.41 Å². The van der Waals surface area contributed by atoms with E-state index >= 15 is 0 Å². The summed E-state index contributed by atoms with van der Waals surface area (Å²) in [6.45, 7) is 4.36. The lowest BCUT2D eigenvalue weighted by Gasteiger charge is -2.47. The predicted octanol–water partition coefficient (Wildman–Crippen LogP) is 3.58. The molecule has 0 saturated heterocycles. The van der Waals surface area contributed by atoms with E-state index in [9.17, 15) is 15.8 Å². The third-order valence-electron chi connectivity index (χ3n) is 5.79. The third kappa shape index (κ3) is 2.94. The van der Waals surface area contributed by atoms with Crippen molar-refractivity contribution in [1.29, 1.82) is 21.2 Å². The number of nitrogens with zero attached hydrogens (tertiary/aromatic N) is 4. The molecule has 1 aromatic rings. The maximum absolute atomic E-state index is 10.0. The molecule has 1 unspecified atom stereocenters. The van der Waals surface area contributed by atoms with Gasteiger partial charge in [-0.2, -0.15) is 15.8 Å². The van der Waals surface area contributed by atoms with Gasteiger partial charge in [-0.25, -0.2) is 0 Å². The Kier molecular flexibility index (Phi) is 5.38. The molecule has 3 rings (SSSR count). The molecule has 3 atom stereocenters. The van der Waals surface area contributed by atoms with Gasteiger partial charge in [-0.05, 0) is 36.1 Å². The number of nitrogens with one attached hydrogen (secondary N) is 1. The molecule has 1 saturated carbocycles. The number of hydrogen-bond donors (Lipinski definition) is 1. The van der Waals surface area contributed by atoms with Crippen LogP contribution in [-0.4, -0.2) is 36.5 Å². The molecule has 5 nitrogen and oxygen atoms in total. The van der Waals surface area contributed by atoms with Crippen LogP contribution in [0.1, 0.15) is 18.4 Å². The minimum atomic E-state index is -1.62. The summed E-state index contributed by atoms with van der Waals surface area (Å²) in [4.78, 5) is 3.36. The summed E-state index contributed by atoms with van der Waals surface area (Å²) in [7, 11) is 0. The Balaban J connectivity index is 2.21. The number of nitriles is 3. The predicted molar refractivity (Wildman–Crippen MR) is 105 cm³/mol. The molecule has 0 bridgehead atoms. The molecule has 0 amide bonds. The SMILES string of the molecule is CCN1CC=C2C(C#N)C(=N)C(C#N)(C#N)[C@@H](c3ccc(SC)cc3)[C@H]2C1. The second kappa shape index (κ2) is 7.57. The van der Waals surface area contributed by atoms with E-state index in [1.807, 2.05) is 36.6 Å². The number of thioether (sulfide) groups is 1. The third-order valence-corrected chi connectivity index (χ3v) is 6.53. The molecule has 1 fully saturated rings. The Morgan fingerprint density at radius 1 is 1.22 bits per heavy atom. The summed E-state index contributed by atoms with van der Waals surface area (Å²) in [5.41, 5.74) is 0.0691. The van der Waals surface area contributed by atoms with Crippen molar-refractivity contribution in [2.75, 3.05) is 25.9 Å². The van der Waals surface area contributed by atoms with Crippen molar-refractivity contribution in [3.05, 3.63) is 41.5 Å². The quantitative estimate of drug-likeness (QED) is 0.643. The van der Waals surface area contributed by atoms with Crippen molar-refractivity contribution >= 4 is 17.5 Å². The molecule has 0 aromatic heterocycles. The molecule has 27 heavy (non-hydrogen) atoms. The van der Waals surface area contributed by atoms with Gasteiger partial charge in [-0.3, -0.25) is 4.90 Å². The molecule has 1 aliphatic heterocycles. The highest BCUT2D eigenvalue weighted by Crippen LogP contribution is 2.53. The monoisotopic (exact) mass is 375 g/mol. The van der Waals surface area contributed by atoms with Gasteiger partial charge in [-0.15, -0.1) is 11.8 Å². The summed E-state index contributed by atoms with van der Waals surface area (Å²) in [6, 6.07) is 14.4. The van der Waals surface area contributed by atoms with Gasteiger partial charge in [0.25, 0.3) is 0 Å². The summed E-state index contributed by atoms with van der Waals surface area (Å²) in [5, 5.41) is 38.3. The number of benzene rings is 1. The largest absolute Gasteiger partial charge is 0.305 e. The average molecular weight is 376 g/mol. The summed E-state index contributed by atoms with van der Waals surface area (Å²) < 4.78 is 0. The van der Waals surface area contributed by atoms with Gasteiger partial charge >= 0.3 is 0 Å². The van der Waals surface area contributed by atoms with Crippen LogP contribution in [0.3, 0.4) is 0 Å². The summed E-state index contributed by atoms with van der Waals surface area (Å²) >= 11 is 1.63. The first-order chi connectivity index (χ1) is 13.1. The van der Waals surface area contributed by atoms with E-state index in [0.717, 1.165) is 29.1 Å². The normalized spacial score (nSPS) is 26.9. The molecule has 1 aromatic carbocycles. The van der Waals surface area contributed by atoms with Crippen LogP contribution in [0, 0.1) is 56.7 Å². The lowest BCUT2D eigenvalue weighted by Crippen LogP contribution is -2.52. The minimum Gasteiger partial charge on any atom is -0.305 e. The fraction of sp³-hybridized carbons (Fsp3) is 0.429. The molecule has 0 spiro atoms. The van der Waals surface area contributed by atoms with E-state index in [1.165, 1.54) is 0 Å². The zero-order chi connectivity index (χ0) is 19.6. The molecular formula is C21H21N5S. The highest BCUT2D eigenvalue weighted by molar-refractivity contribution is 7.98. The average Bonchev–Trinajstić information content (AvgIpc) is 2.73. The molecule has 0 radical (unpaired) electrons. The Bertz CT molecular complexity index is 882. The molecule has 136 valence electrons. The second-order valence-electron chi connectivity index (χ2n) is 6.92. The maximum Gasteiger partial charge on any atom is 0.189 e. The van der Waals surface area contributed by atoms with Crippen molar-refractivity contribution < 1.29 is 0 Å². The Morgan fingerprint density at radius 3 is 2.41 bits per heavy atom. The zero-order valence-electron chi connectivity index (χ0n) is 15.4. The fourth-order valence-corrected chi connectivity index (χ4v) is 4.72. The molecule has 6 heteroatoms. The smallest absolute Gasteiger partial charge is 0.189 e.